The third-order valence-corrected chi connectivity index (χ3v) is 6.30. The lowest BCUT2D eigenvalue weighted by molar-refractivity contribution is -0.129. The van der Waals surface area contributed by atoms with E-state index in [1.807, 2.05) is 30.3 Å². The molecule has 4 heterocycles. The zero-order chi connectivity index (χ0) is 21.9. The Hall–Kier alpha value is -3.66. The Bertz CT molecular complexity index is 1230. The molecule has 1 aliphatic heterocycles. The molecule has 0 spiro atoms. The van der Waals surface area contributed by atoms with Crippen molar-refractivity contribution in [3.8, 4) is 5.69 Å². The van der Waals surface area contributed by atoms with Crippen LogP contribution in [-0.2, 0) is 4.79 Å². The molecule has 4 aromatic rings. The van der Waals surface area contributed by atoms with E-state index in [0.717, 1.165) is 16.1 Å². The van der Waals surface area contributed by atoms with Gasteiger partial charge in [-0.2, -0.15) is 5.10 Å². The largest absolute Gasteiger partial charge is 0.459 e. The summed E-state index contributed by atoms with van der Waals surface area (Å²) in [6, 6.07) is 13.1. The van der Waals surface area contributed by atoms with Gasteiger partial charge in [-0.15, -0.1) is 0 Å². The van der Waals surface area contributed by atoms with Gasteiger partial charge in [0.25, 0.3) is 5.91 Å². The highest BCUT2D eigenvalue weighted by Crippen LogP contribution is 2.26. The Kier molecular flexibility index (Phi) is 5.59. The van der Waals surface area contributed by atoms with Crippen molar-refractivity contribution in [1.29, 1.82) is 0 Å². The van der Waals surface area contributed by atoms with E-state index in [2.05, 4.69) is 15.1 Å². The Morgan fingerprint density at radius 1 is 0.969 bits per heavy atom. The van der Waals surface area contributed by atoms with E-state index in [9.17, 15) is 9.59 Å². The molecule has 1 aliphatic rings. The summed E-state index contributed by atoms with van der Waals surface area (Å²) in [4.78, 5) is 37.4. The number of para-hydroxylation sites is 1. The standard InChI is InChI=1S/C22H20N6O3S/c29-19(26-8-10-27(11-9-26)22(30)18-7-4-12-31-18)14-32-21-17-13-25-28(20(17)23-15-24-21)16-5-2-1-3-6-16/h1-7,12-13,15H,8-11,14H2. The van der Waals surface area contributed by atoms with E-state index in [1.54, 1.807) is 32.8 Å². The van der Waals surface area contributed by atoms with Crippen molar-refractivity contribution < 1.29 is 14.0 Å². The Labute approximate surface area is 188 Å². The Balaban J connectivity index is 1.21. The normalized spacial score (nSPS) is 14.1. The predicted octanol–water partition coefficient (Wildman–Crippen LogP) is 2.49. The number of fused-ring (bicyclic) bond motifs is 1. The predicted molar refractivity (Wildman–Crippen MR) is 119 cm³/mol. The van der Waals surface area contributed by atoms with Crippen molar-refractivity contribution in [3.63, 3.8) is 0 Å². The molecular formula is C22H20N6O3S. The maximum absolute atomic E-state index is 12.8. The highest BCUT2D eigenvalue weighted by atomic mass is 32.2. The number of nitrogens with zero attached hydrogens (tertiary/aromatic N) is 6. The molecular weight excluding hydrogens is 428 g/mol. The Morgan fingerprint density at radius 3 is 2.50 bits per heavy atom. The first-order chi connectivity index (χ1) is 15.7. The summed E-state index contributed by atoms with van der Waals surface area (Å²) >= 11 is 1.37. The van der Waals surface area contributed by atoms with Crippen molar-refractivity contribution in [1.82, 2.24) is 29.5 Å². The number of hydrogen-bond donors (Lipinski definition) is 0. The van der Waals surface area contributed by atoms with Crippen LogP contribution in [0.4, 0.5) is 0 Å². The number of thioether (sulfide) groups is 1. The van der Waals surface area contributed by atoms with Crippen LogP contribution in [0.1, 0.15) is 10.6 Å². The van der Waals surface area contributed by atoms with Crippen LogP contribution in [0.5, 0.6) is 0 Å². The van der Waals surface area contributed by atoms with E-state index >= 15 is 0 Å². The average Bonchev–Trinajstić information content (AvgIpc) is 3.53. The molecule has 0 aliphatic carbocycles. The summed E-state index contributed by atoms with van der Waals surface area (Å²) < 4.78 is 6.94. The lowest BCUT2D eigenvalue weighted by atomic mass is 10.3. The summed E-state index contributed by atoms with van der Waals surface area (Å²) in [7, 11) is 0. The Morgan fingerprint density at radius 2 is 1.75 bits per heavy atom. The second-order valence-corrected chi connectivity index (χ2v) is 8.21. The van der Waals surface area contributed by atoms with Gasteiger partial charge in [-0.3, -0.25) is 9.59 Å². The lowest BCUT2D eigenvalue weighted by Gasteiger charge is -2.34. The van der Waals surface area contributed by atoms with Crippen LogP contribution in [0, 0.1) is 0 Å². The smallest absolute Gasteiger partial charge is 0.289 e. The first-order valence-electron chi connectivity index (χ1n) is 10.2. The van der Waals surface area contributed by atoms with Crippen LogP contribution in [-0.4, -0.2) is 73.3 Å². The van der Waals surface area contributed by atoms with Crippen LogP contribution in [0.3, 0.4) is 0 Å². The van der Waals surface area contributed by atoms with Gasteiger partial charge in [0, 0.05) is 26.2 Å². The van der Waals surface area contributed by atoms with Crippen molar-refractivity contribution in [2.24, 2.45) is 0 Å². The van der Waals surface area contributed by atoms with Gasteiger partial charge in [0.15, 0.2) is 11.4 Å². The molecule has 0 N–H and O–H groups in total. The van der Waals surface area contributed by atoms with Gasteiger partial charge in [0.2, 0.25) is 5.91 Å². The van der Waals surface area contributed by atoms with Gasteiger partial charge in [-0.05, 0) is 24.3 Å². The first kappa shape index (κ1) is 20.3. The SMILES string of the molecule is O=C(CSc1ncnc2c1cnn2-c1ccccc1)N1CCN(C(=O)c2ccco2)CC1. The van der Waals surface area contributed by atoms with Gasteiger partial charge >= 0.3 is 0 Å². The molecule has 1 fully saturated rings. The van der Waals surface area contributed by atoms with E-state index in [0.29, 0.717) is 37.6 Å². The van der Waals surface area contributed by atoms with Crippen molar-refractivity contribution in [2.75, 3.05) is 31.9 Å². The molecule has 162 valence electrons. The molecule has 0 atom stereocenters. The maximum Gasteiger partial charge on any atom is 0.289 e. The summed E-state index contributed by atoms with van der Waals surface area (Å²) in [6.07, 6.45) is 4.71. The summed E-state index contributed by atoms with van der Waals surface area (Å²) in [5.74, 6) is 0.455. The molecule has 0 bridgehead atoms. The quantitative estimate of drug-likeness (QED) is 0.342. The highest BCUT2D eigenvalue weighted by Gasteiger charge is 2.26. The van der Waals surface area contributed by atoms with Gasteiger partial charge < -0.3 is 14.2 Å². The summed E-state index contributed by atoms with van der Waals surface area (Å²) in [5, 5.41) is 5.98. The summed E-state index contributed by atoms with van der Waals surface area (Å²) in [5.41, 5.74) is 1.61. The average molecular weight is 449 g/mol. The highest BCUT2D eigenvalue weighted by molar-refractivity contribution is 8.00. The molecule has 2 amide bonds. The number of piperazine rings is 1. The molecule has 0 unspecified atom stereocenters. The molecule has 1 aromatic carbocycles. The molecule has 9 nitrogen and oxygen atoms in total. The fraction of sp³-hybridized carbons (Fsp3) is 0.227. The minimum Gasteiger partial charge on any atom is -0.459 e. The lowest BCUT2D eigenvalue weighted by Crippen LogP contribution is -2.51. The minimum atomic E-state index is -0.143. The fourth-order valence-electron chi connectivity index (χ4n) is 3.63. The zero-order valence-electron chi connectivity index (χ0n) is 17.1. The molecule has 32 heavy (non-hydrogen) atoms. The van der Waals surface area contributed by atoms with E-state index in [1.165, 1.54) is 24.4 Å². The molecule has 0 saturated carbocycles. The van der Waals surface area contributed by atoms with Gasteiger partial charge in [-0.1, -0.05) is 30.0 Å². The van der Waals surface area contributed by atoms with Crippen LogP contribution in [0.2, 0.25) is 0 Å². The molecule has 0 radical (unpaired) electrons. The number of hydrogen-bond acceptors (Lipinski definition) is 7. The number of carbonyl (C=O) groups is 2. The maximum atomic E-state index is 12.8. The van der Waals surface area contributed by atoms with Crippen LogP contribution < -0.4 is 0 Å². The van der Waals surface area contributed by atoms with E-state index in [4.69, 9.17) is 4.42 Å². The van der Waals surface area contributed by atoms with Gasteiger partial charge in [0.05, 0.1) is 29.3 Å². The third-order valence-electron chi connectivity index (χ3n) is 5.31. The number of benzene rings is 1. The second-order valence-electron chi connectivity index (χ2n) is 7.25. The number of amides is 2. The number of rotatable bonds is 5. The van der Waals surface area contributed by atoms with Gasteiger partial charge in [-0.25, -0.2) is 14.6 Å². The first-order valence-corrected chi connectivity index (χ1v) is 11.2. The second kappa shape index (κ2) is 8.83. The number of aromatic nitrogens is 4. The van der Waals surface area contributed by atoms with Crippen LogP contribution >= 0.6 is 11.8 Å². The topological polar surface area (TPSA) is 97.4 Å². The van der Waals surface area contributed by atoms with Crippen LogP contribution in [0.15, 0.2) is 70.7 Å². The molecule has 1 saturated heterocycles. The minimum absolute atomic E-state index is 0.0160. The van der Waals surface area contributed by atoms with Crippen molar-refractivity contribution in [3.05, 3.63) is 67.0 Å². The molecule has 10 heteroatoms. The van der Waals surface area contributed by atoms with Crippen LogP contribution in [0.25, 0.3) is 16.7 Å². The fourth-order valence-corrected chi connectivity index (χ4v) is 4.50. The monoisotopic (exact) mass is 448 g/mol. The third kappa shape index (κ3) is 3.96. The zero-order valence-corrected chi connectivity index (χ0v) is 17.9. The molecule has 5 rings (SSSR count). The van der Waals surface area contributed by atoms with Gasteiger partial charge in [0.1, 0.15) is 11.4 Å². The van der Waals surface area contributed by atoms with E-state index < -0.39 is 0 Å². The van der Waals surface area contributed by atoms with Crippen molar-refractivity contribution >= 4 is 34.6 Å². The van der Waals surface area contributed by atoms with E-state index in [-0.39, 0.29) is 17.6 Å². The number of carbonyl (C=O) groups excluding carboxylic acids is 2. The van der Waals surface area contributed by atoms with Crippen molar-refractivity contribution in [2.45, 2.75) is 5.03 Å². The molecule has 3 aromatic heterocycles. The number of furan rings is 1. The summed E-state index contributed by atoms with van der Waals surface area (Å²) in [6.45, 7) is 1.96.